The van der Waals surface area contributed by atoms with Crippen molar-refractivity contribution in [1.29, 1.82) is 0 Å². The van der Waals surface area contributed by atoms with E-state index in [1.807, 2.05) is 12.1 Å². The Balaban J connectivity index is 1.57. The Morgan fingerprint density at radius 2 is 1.49 bits per heavy atom. The first-order chi connectivity index (χ1) is 18.1. The minimum Gasteiger partial charge on any atom is -0.507 e. The highest BCUT2D eigenvalue weighted by atomic mass is 35.5. The number of rotatable bonds is 7. The van der Waals surface area contributed by atoms with Gasteiger partial charge in [-0.15, -0.1) is 0 Å². The van der Waals surface area contributed by atoms with Crippen LogP contribution in [-0.4, -0.2) is 23.2 Å². The van der Waals surface area contributed by atoms with Crippen molar-refractivity contribution in [2.45, 2.75) is 65.2 Å². The number of esters is 1. The van der Waals surface area contributed by atoms with E-state index in [9.17, 15) is 14.7 Å². The predicted molar refractivity (Wildman–Crippen MR) is 157 cm³/mol. The summed E-state index contributed by atoms with van der Waals surface area (Å²) in [6.45, 7) is 12.4. The molecule has 0 fully saturated rings. The molecule has 1 amide bonds. The molecule has 0 aliphatic rings. The largest absolute Gasteiger partial charge is 0.507 e. The zero-order valence-corrected chi connectivity index (χ0v) is 24.6. The molecule has 0 atom stereocenters. The summed E-state index contributed by atoms with van der Waals surface area (Å²) < 4.78 is 5.36. The zero-order chi connectivity index (χ0) is 29.0. The number of phenolic OH excluding ortho intramolecular Hbond substituents is 1. The first-order valence-electron chi connectivity index (χ1n) is 12.6. The molecule has 8 heteroatoms. The van der Waals surface area contributed by atoms with Gasteiger partial charge in [0.2, 0.25) is 5.91 Å². The molecule has 0 bridgehead atoms. The predicted octanol–water partition coefficient (Wildman–Crippen LogP) is 7.60. The molecule has 206 valence electrons. The molecule has 3 aromatic carbocycles. The molecule has 0 aliphatic carbocycles. The summed E-state index contributed by atoms with van der Waals surface area (Å²) in [5.41, 5.74) is 5.82. The quantitative estimate of drug-likeness (QED) is 0.133. The zero-order valence-electron chi connectivity index (χ0n) is 23.1. The molecule has 6 nitrogen and oxygen atoms in total. The average molecular weight is 570 g/mol. The monoisotopic (exact) mass is 568 g/mol. The second-order valence-electron chi connectivity index (χ2n) is 11.4. The topological polar surface area (TPSA) is 88.0 Å². The summed E-state index contributed by atoms with van der Waals surface area (Å²) in [6, 6.07) is 15.2. The highest BCUT2D eigenvalue weighted by molar-refractivity contribution is 6.42. The van der Waals surface area contributed by atoms with Crippen LogP contribution in [0.2, 0.25) is 10.0 Å². The maximum absolute atomic E-state index is 12.4. The molecule has 0 heterocycles. The van der Waals surface area contributed by atoms with Gasteiger partial charge in [-0.3, -0.25) is 4.79 Å². The summed E-state index contributed by atoms with van der Waals surface area (Å²) in [5.74, 6) is -0.102. The molecule has 2 N–H and O–H groups in total. The van der Waals surface area contributed by atoms with Gasteiger partial charge < -0.3 is 9.84 Å². The molecule has 0 aromatic heterocycles. The SMILES string of the molecule is CC(C)(C)c1cc(CCC(=O)N/N=C\c2ccc(OC(=O)c3ccc(Cl)c(Cl)c3)cc2)cc(C(C)(C)C)c1O. The van der Waals surface area contributed by atoms with Gasteiger partial charge >= 0.3 is 5.97 Å². The Morgan fingerprint density at radius 1 is 0.897 bits per heavy atom. The van der Waals surface area contributed by atoms with Crippen molar-refractivity contribution in [2.75, 3.05) is 0 Å². The maximum atomic E-state index is 12.4. The van der Waals surface area contributed by atoms with Crippen LogP contribution in [0.5, 0.6) is 11.5 Å². The minimum absolute atomic E-state index is 0.221. The number of aryl methyl sites for hydroxylation is 1. The molecular formula is C31H34Cl2N2O4. The van der Waals surface area contributed by atoms with Gasteiger partial charge in [0.05, 0.1) is 21.8 Å². The van der Waals surface area contributed by atoms with Gasteiger partial charge in [0.1, 0.15) is 11.5 Å². The number of benzene rings is 3. The molecule has 0 spiro atoms. The first kappa shape index (κ1) is 30.2. The highest BCUT2D eigenvalue weighted by Gasteiger charge is 2.26. The minimum atomic E-state index is -0.555. The summed E-state index contributed by atoms with van der Waals surface area (Å²) in [6.07, 6.45) is 2.28. The molecule has 0 unspecified atom stereocenters. The number of hydrogen-bond acceptors (Lipinski definition) is 5. The number of nitrogens with one attached hydrogen (secondary N) is 1. The third-order valence-corrected chi connectivity index (χ3v) is 6.81. The standard InChI is InChI=1S/C31H34Cl2N2O4/c1-30(2,3)23-15-20(16-24(28(23)37)31(4,5)6)9-14-27(36)35-34-18-19-7-11-22(12-8-19)39-29(38)21-10-13-25(32)26(33)17-21/h7-8,10-13,15-18,37H,9,14H2,1-6H3,(H,35,36)/b34-18-. The number of amides is 1. The Morgan fingerprint density at radius 3 is 2.03 bits per heavy atom. The van der Waals surface area contributed by atoms with Crippen LogP contribution in [0, 0.1) is 0 Å². The fraction of sp³-hybridized carbons (Fsp3) is 0.323. The molecular weight excluding hydrogens is 535 g/mol. The number of hydrazone groups is 1. The Hall–Kier alpha value is -3.35. The lowest BCUT2D eigenvalue weighted by molar-refractivity contribution is -0.121. The summed E-state index contributed by atoms with van der Waals surface area (Å²) >= 11 is 11.8. The fourth-order valence-electron chi connectivity index (χ4n) is 3.89. The van der Waals surface area contributed by atoms with Gasteiger partial charge in [-0.25, -0.2) is 10.2 Å². The van der Waals surface area contributed by atoms with E-state index in [4.69, 9.17) is 27.9 Å². The first-order valence-corrected chi connectivity index (χ1v) is 13.4. The second kappa shape index (κ2) is 12.2. The van der Waals surface area contributed by atoms with Gasteiger partial charge in [0, 0.05) is 6.42 Å². The maximum Gasteiger partial charge on any atom is 0.343 e. The number of ether oxygens (including phenoxy) is 1. The van der Waals surface area contributed by atoms with E-state index in [0.29, 0.717) is 28.5 Å². The molecule has 0 radical (unpaired) electrons. The van der Waals surface area contributed by atoms with E-state index >= 15 is 0 Å². The van der Waals surface area contributed by atoms with E-state index in [2.05, 4.69) is 52.1 Å². The normalized spacial score (nSPS) is 12.0. The number of carbonyl (C=O) groups excluding carboxylic acids is 2. The van der Waals surface area contributed by atoms with E-state index < -0.39 is 5.97 Å². The van der Waals surface area contributed by atoms with Crippen molar-refractivity contribution in [3.8, 4) is 11.5 Å². The van der Waals surface area contributed by atoms with Crippen molar-refractivity contribution in [3.05, 3.63) is 92.5 Å². The smallest absolute Gasteiger partial charge is 0.343 e. The van der Waals surface area contributed by atoms with E-state index in [-0.39, 0.29) is 33.7 Å². The molecule has 3 rings (SSSR count). The van der Waals surface area contributed by atoms with Crippen molar-refractivity contribution in [2.24, 2.45) is 5.10 Å². The third kappa shape index (κ3) is 8.32. The summed E-state index contributed by atoms with van der Waals surface area (Å²) in [5, 5.41) is 15.5. The van der Waals surface area contributed by atoms with Crippen molar-refractivity contribution < 1.29 is 19.4 Å². The Labute approximate surface area is 240 Å². The van der Waals surface area contributed by atoms with Gasteiger partial charge in [0.25, 0.3) is 0 Å². The molecule has 3 aromatic rings. The van der Waals surface area contributed by atoms with Crippen molar-refractivity contribution in [3.63, 3.8) is 0 Å². The van der Waals surface area contributed by atoms with E-state index in [1.165, 1.54) is 24.4 Å². The Bertz CT molecular complexity index is 1350. The van der Waals surface area contributed by atoms with Gasteiger partial charge in [-0.2, -0.15) is 5.10 Å². The Kier molecular flexibility index (Phi) is 9.47. The number of carbonyl (C=O) groups is 2. The lowest BCUT2D eigenvalue weighted by atomic mass is 9.78. The number of hydrogen-bond donors (Lipinski definition) is 2. The van der Waals surface area contributed by atoms with Crippen LogP contribution in [-0.2, 0) is 22.0 Å². The van der Waals surface area contributed by atoms with Crippen molar-refractivity contribution in [1.82, 2.24) is 5.43 Å². The number of phenols is 1. The number of aromatic hydroxyl groups is 1. The molecule has 0 aliphatic heterocycles. The fourth-order valence-corrected chi connectivity index (χ4v) is 4.18. The van der Waals surface area contributed by atoms with Crippen molar-refractivity contribution >= 4 is 41.3 Å². The summed E-state index contributed by atoms with van der Waals surface area (Å²) in [4.78, 5) is 24.8. The number of nitrogens with zero attached hydrogens (tertiary/aromatic N) is 1. The van der Waals surface area contributed by atoms with E-state index in [0.717, 1.165) is 16.7 Å². The molecule has 0 saturated heterocycles. The van der Waals surface area contributed by atoms with Gasteiger partial charge in [-0.1, -0.05) is 76.9 Å². The molecule has 0 saturated carbocycles. The van der Waals surface area contributed by atoms with Crippen LogP contribution >= 0.6 is 23.2 Å². The van der Waals surface area contributed by atoms with Crippen LogP contribution in [0.1, 0.15) is 80.6 Å². The van der Waals surface area contributed by atoms with E-state index in [1.54, 1.807) is 24.3 Å². The van der Waals surface area contributed by atoms with Gasteiger partial charge in [-0.05, 0) is 82.0 Å². The highest BCUT2D eigenvalue weighted by Crippen LogP contribution is 2.40. The van der Waals surface area contributed by atoms with Gasteiger partial charge in [0.15, 0.2) is 0 Å². The summed E-state index contributed by atoms with van der Waals surface area (Å²) in [7, 11) is 0. The van der Waals surface area contributed by atoms with Crippen LogP contribution in [0.3, 0.4) is 0 Å². The van der Waals surface area contributed by atoms with Crippen LogP contribution < -0.4 is 10.2 Å². The third-order valence-electron chi connectivity index (χ3n) is 6.08. The van der Waals surface area contributed by atoms with Crippen LogP contribution in [0.4, 0.5) is 0 Å². The van der Waals surface area contributed by atoms with Crippen LogP contribution in [0.25, 0.3) is 0 Å². The average Bonchev–Trinajstić information content (AvgIpc) is 2.84. The number of halogens is 2. The lowest BCUT2D eigenvalue weighted by Crippen LogP contribution is -2.20. The molecule has 39 heavy (non-hydrogen) atoms. The second-order valence-corrected chi connectivity index (χ2v) is 12.2. The van der Waals surface area contributed by atoms with Crippen LogP contribution in [0.15, 0.2) is 59.7 Å². The lowest BCUT2D eigenvalue weighted by Gasteiger charge is -2.28.